The smallest absolute Gasteiger partial charge is 0.313 e. The summed E-state index contributed by atoms with van der Waals surface area (Å²) in [5, 5.41) is 19.6. The maximum Gasteiger partial charge on any atom is 0.313 e. The second-order valence-electron chi connectivity index (χ2n) is 9.63. The van der Waals surface area contributed by atoms with Gasteiger partial charge in [-0.3, -0.25) is 9.59 Å². The molecule has 0 unspecified atom stereocenters. The van der Waals surface area contributed by atoms with Crippen molar-refractivity contribution in [2.75, 3.05) is 0 Å². The van der Waals surface area contributed by atoms with Crippen LogP contribution in [0.25, 0.3) is 0 Å². The van der Waals surface area contributed by atoms with E-state index in [1.807, 2.05) is 12.1 Å². The molecule has 0 saturated heterocycles. The number of carboxylic acids is 2. The third-order valence-corrected chi connectivity index (χ3v) is 6.32. The zero-order valence-electron chi connectivity index (χ0n) is 19.7. The second-order valence-corrected chi connectivity index (χ2v) is 9.63. The fraction of sp³-hybridized carbons (Fsp3) is 0.692. The lowest BCUT2D eigenvalue weighted by atomic mass is 9.71. The lowest BCUT2D eigenvalue weighted by Crippen LogP contribution is -2.37. The molecule has 0 aliphatic carbocycles. The van der Waals surface area contributed by atoms with Crippen LogP contribution < -0.4 is 0 Å². The zero-order chi connectivity index (χ0) is 22.8. The highest BCUT2D eigenvalue weighted by Crippen LogP contribution is 2.37. The molecule has 4 nitrogen and oxygen atoms in total. The number of hydrogen-bond donors (Lipinski definition) is 2. The van der Waals surface area contributed by atoms with Crippen molar-refractivity contribution in [1.29, 1.82) is 0 Å². The van der Waals surface area contributed by atoms with E-state index in [-0.39, 0.29) is 0 Å². The molecule has 1 rings (SSSR count). The van der Waals surface area contributed by atoms with Gasteiger partial charge in [0.15, 0.2) is 0 Å². The number of benzene rings is 1. The molecule has 2 N–H and O–H groups in total. The molecular formula is C26H42O4. The highest BCUT2D eigenvalue weighted by Gasteiger charge is 2.40. The molecule has 0 heterocycles. The predicted molar refractivity (Wildman–Crippen MR) is 123 cm³/mol. The summed E-state index contributed by atoms with van der Waals surface area (Å²) in [6.07, 6.45) is 13.3. The van der Waals surface area contributed by atoms with E-state index in [1.165, 1.54) is 51.4 Å². The van der Waals surface area contributed by atoms with Crippen LogP contribution in [0.15, 0.2) is 18.2 Å². The Morgan fingerprint density at radius 2 is 1.20 bits per heavy atom. The Kier molecular flexibility index (Phi) is 10.6. The first-order chi connectivity index (χ1) is 14.1. The fourth-order valence-electron chi connectivity index (χ4n) is 4.09. The van der Waals surface area contributed by atoms with Gasteiger partial charge in [0.2, 0.25) is 0 Å². The van der Waals surface area contributed by atoms with Crippen molar-refractivity contribution in [2.45, 2.75) is 116 Å². The van der Waals surface area contributed by atoms with E-state index >= 15 is 0 Å². The van der Waals surface area contributed by atoms with Crippen molar-refractivity contribution >= 4 is 11.9 Å². The van der Waals surface area contributed by atoms with Gasteiger partial charge < -0.3 is 10.2 Å². The van der Waals surface area contributed by atoms with Crippen molar-refractivity contribution in [3.63, 3.8) is 0 Å². The van der Waals surface area contributed by atoms with E-state index in [1.54, 1.807) is 33.8 Å². The Hall–Kier alpha value is -1.84. The monoisotopic (exact) mass is 418 g/mol. The topological polar surface area (TPSA) is 74.6 Å². The summed E-state index contributed by atoms with van der Waals surface area (Å²) >= 11 is 0. The van der Waals surface area contributed by atoms with E-state index < -0.39 is 22.8 Å². The highest BCUT2D eigenvalue weighted by molar-refractivity contribution is 5.85. The Morgan fingerprint density at radius 3 is 1.67 bits per heavy atom. The number of unbranched alkanes of at least 4 members (excludes halogenated alkanes) is 9. The summed E-state index contributed by atoms with van der Waals surface area (Å²) in [7, 11) is 0. The van der Waals surface area contributed by atoms with Crippen molar-refractivity contribution < 1.29 is 19.8 Å². The molecular weight excluding hydrogens is 376 g/mol. The van der Waals surface area contributed by atoms with Gasteiger partial charge in [-0.2, -0.15) is 0 Å². The van der Waals surface area contributed by atoms with Crippen LogP contribution in [0.5, 0.6) is 0 Å². The van der Waals surface area contributed by atoms with Gasteiger partial charge in [0.1, 0.15) is 0 Å². The molecule has 0 aliphatic heterocycles. The van der Waals surface area contributed by atoms with Crippen LogP contribution in [0.1, 0.15) is 116 Å². The average molecular weight is 419 g/mol. The summed E-state index contributed by atoms with van der Waals surface area (Å²) in [5.41, 5.74) is -0.0472. The van der Waals surface area contributed by atoms with E-state index in [0.717, 1.165) is 24.8 Å². The van der Waals surface area contributed by atoms with Gasteiger partial charge in [0.25, 0.3) is 0 Å². The number of aryl methyl sites for hydroxylation is 1. The zero-order valence-corrected chi connectivity index (χ0v) is 19.7. The van der Waals surface area contributed by atoms with E-state index in [2.05, 4.69) is 6.92 Å². The standard InChI is InChI=1S/C26H42O4/c1-6-7-8-9-10-11-12-13-14-15-17-20-18-16-19-21(25(2,3)23(27)28)22(20)26(4,5)24(29)30/h16,18-19H,6-15,17H2,1-5H3,(H,27,28)(H,29,30). The van der Waals surface area contributed by atoms with Crippen LogP contribution in [0.4, 0.5) is 0 Å². The van der Waals surface area contributed by atoms with Gasteiger partial charge >= 0.3 is 11.9 Å². The molecule has 4 heteroatoms. The molecule has 0 spiro atoms. The first-order valence-electron chi connectivity index (χ1n) is 11.7. The second kappa shape index (κ2) is 12.1. The molecule has 30 heavy (non-hydrogen) atoms. The average Bonchev–Trinajstić information content (AvgIpc) is 2.68. The number of aliphatic carboxylic acids is 2. The number of hydrogen-bond acceptors (Lipinski definition) is 2. The van der Waals surface area contributed by atoms with E-state index in [0.29, 0.717) is 11.1 Å². The Balaban J connectivity index is 2.81. The molecule has 1 aromatic rings. The minimum Gasteiger partial charge on any atom is -0.481 e. The minimum atomic E-state index is -1.14. The summed E-state index contributed by atoms with van der Waals surface area (Å²) < 4.78 is 0. The lowest BCUT2D eigenvalue weighted by molar-refractivity contribution is -0.144. The first-order valence-corrected chi connectivity index (χ1v) is 11.7. The largest absolute Gasteiger partial charge is 0.481 e. The van der Waals surface area contributed by atoms with Gasteiger partial charge in [-0.25, -0.2) is 0 Å². The molecule has 0 radical (unpaired) electrons. The first kappa shape index (κ1) is 26.2. The molecule has 1 aromatic carbocycles. The minimum absolute atomic E-state index is 0.604. The molecule has 170 valence electrons. The van der Waals surface area contributed by atoms with Gasteiger partial charge in [0, 0.05) is 0 Å². The van der Waals surface area contributed by atoms with Gasteiger partial charge in [0.05, 0.1) is 10.8 Å². The molecule has 0 aliphatic rings. The maximum atomic E-state index is 12.0. The van der Waals surface area contributed by atoms with Gasteiger partial charge in [-0.1, -0.05) is 82.9 Å². The fourth-order valence-corrected chi connectivity index (χ4v) is 4.09. The van der Waals surface area contributed by atoms with Crippen molar-refractivity contribution in [3.05, 3.63) is 34.9 Å². The maximum absolute atomic E-state index is 12.0. The van der Waals surface area contributed by atoms with Gasteiger partial charge in [-0.15, -0.1) is 0 Å². The highest BCUT2D eigenvalue weighted by atomic mass is 16.4. The summed E-state index contributed by atoms with van der Waals surface area (Å²) in [6.45, 7) is 8.89. The van der Waals surface area contributed by atoms with Crippen LogP contribution in [0.2, 0.25) is 0 Å². The van der Waals surface area contributed by atoms with Crippen LogP contribution in [0.3, 0.4) is 0 Å². The third kappa shape index (κ3) is 7.14. The molecule has 0 fully saturated rings. The summed E-state index contributed by atoms with van der Waals surface area (Å²) in [5.74, 6) is -1.87. The normalized spacial score (nSPS) is 12.2. The predicted octanol–water partition coefficient (Wildman–Crippen LogP) is 6.87. The summed E-state index contributed by atoms with van der Waals surface area (Å²) in [4.78, 5) is 23.9. The van der Waals surface area contributed by atoms with E-state index in [4.69, 9.17) is 0 Å². The van der Waals surface area contributed by atoms with Crippen LogP contribution in [-0.4, -0.2) is 22.2 Å². The molecule has 0 atom stereocenters. The molecule has 0 aromatic heterocycles. The molecule has 0 amide bonds. The summed E-state index contributed by atoms with van der Waals surface area (Å²) in [6, 6.07) is 5.61. The van der Waals surface area contributed by atoms with Crippen LogP contribution in [-0.2, 0) is 26.8 Å². The Bertz CT molecular complexity index is 688. The van der Waals surface area contributed by atoms with E-state index in [9.17, 15) is 19.8 Å². The quantitative estimate of drug-likeness (QED) is 0.305. The van der Waals surface area contributed by atoms with Crippen molar-refractivity contribution in [1.82, 2.24) is 0 Å². The van der Waals surface area contributed by atoms with Crippen molar-refractivity contribution in [3.8, 4) is 0 Å². The lowest BCUT2D eigenvalue weighted by Gasteiger charge is -2.32. The number of carbonyl (C=O) groups is 2. The molecule has 0 saturated carbocycles. The third-order valence-electron chi connectivity index (χ3n) is 6.32. The molecule has 0 bridgehead atoms. The van der Waals surface area contributed by atoms with Crippen molar-refractivity contribution in [2.24, 2.45) is 0 Å². The van der Waals surface area contributed by atoms with Crippen LogP contribution >= 0.6 is 0 Å². The van der Waals surface area contributed by atoms with Gasteiger partial charge in [-0.05, 0) is 57.2 Å². The SMILES string of the molecule is CCCCCCCCCCCCc1cccc(C(C)(C)C(=O)O)c1C(C)(C)C(=O)O. The number of carboxylic acid groups (broad SMARTS) is 2. The number of rotatable bonds is 15. The Morgan fingerprint density at radius 1 is 0.733 bits per heavy atom. The Labute approximate surface area is 183 Å². The van der Waals surface area contributed by atoms with Crippen LogP contribution in [0, 0.1) is 0 Å².